The van der Waals surface area contributed by atoms with Gasteiger partial charge in [-0.25, -0.2) is 4.68 Å². The van der Waals surface area contributed by atoms with Gasteiger partial charge >= 0.3 is 0 Å². The number of likely N-dealkylation sites (tertiary alicyclic amines) is 1. The number of aromatic nitrogens is 4. The molecule has 4 rings (SSSR count). The van der Waals surface area contributed by atoms with Crippen LogP contribution in [0.2, 0.25) is 0 Å². The largest absolute Gasteiger partial charge is 0.300 e. The molecule has 0 spiro atoms. The average Bonchev–Trinajstić information content (AvgIpc) is 3.37. The molecule has 2 heterocycles. The van der Waals surface area contributed by atoms with Crippen molar-refractivity contribution in [2.45, 2.75) is 45.2 Å². The molecule has 0 bridgehead atoms. The van der Waals surface area contributed by atoms with Gasteiger partial charge in [-0.3, -0.25) is 0 Å². The van der Waals surface area contributed by atoms with E-state index in [1.54, 1.807) is 11.0 Å². The molecule has 27 heavy (non-hydrogen) atoms. The summed E-state index contributed by atoms with van der Waals surface area (Å²) in [6.07, 6.45) is 6.43. The highest BCUT2D eigenvalue weighted by Gasteiger charge is 2.19. The van der Waals surface area contributed by atoms with E-state index in [9.17, 15) is 0 Å². The van der Waals surface area contributed by atoms with Crippen LogP contribution in [0.3, 0.4) is 0 Å². The van der Waals surface area contributed by atoms with Crippen molar-refractivity contribution in [2.75, 3.05) is 13.1 Å². The van der Waals surface area contributed by atoms with E-state index in [0.29, 0.717) is 0 Å². The molecule has 0 radical (unpaired) electrons. The van der Waals surface area contributed by atoms with Crippen LogP contribution in [0.25, 0.3) is 11.1 Å². The highest BCUT2D eigenvalue weighted by atomic mass is 15.5. The molecular weight excluding hydrogens is 334 g/mol. The second-order valence-electron chi connectivity index (χ2n) is 7.49. The molecule has 1 aliphatic heterocycles. The van der Waals surface area contributed by atoms with Crippen LogP contribution in [0.15, 0.2) is 54.9 Å². The molecule has 2 aromatic carbocycles. The predicted octanol–water partition coefficient (Wildman–Crippen LogP) is 3.61. The Hall–Kier alpha value is -2.53. The Bertz CT molecular complexity index is 824. The van der Waals surface area contributed by atoms with Crippen molar-refractivity contribution in [2.24, 2.45) is 0 Å². The maximum Gasteiger partial charge on any atom is 0.138 e. The van der Waals surface area contributed by atoms with Crippen molar-refractivity contribution in [1.82, 2.24) is 25.1 Å². The SMILES string of the molecule is C[C@@H]1CCCN1CCc1ccc(-c2ccc(CCn3cnnn3)cc2)cc1. The molecule has 1 fully saturated rings. The molecule has 0 N–H and O–H groups in total. The topological polar surface area (TPSA) is 46.8 Å². The molecule has 1 aromatic heterocycles. The van der Waals surface area contributed by atoms with E-state index >= 15 is 0 Å². The molecule has 0 amide bonds. The van der Waals surface area contributed by atoms with E-state index < -0.39 is 0 Å². The van der Waals surface area contributed by atoms with Gasteiger partial charge < -0.3 is 4.90 Å². The lowest BCUT2D eigenvalue weighted by molar-refractivity contribution is 0.272. The van der Waals surface area contributed by atoms with E-state index in [4.69, 9.17) is 0 Å². The maximum absolute atomic E-state index is 3.90. The Morgan fingerprint density at radius 1 is 0.889 bits per heavy atom. The number of benzene rings is 2. The van der Waals surface area contributed by atoms with Crippen molar-refractivity contribution in [1.29, 1.82) is 0 Å². The maximum atomic E-state index is 3.90. The third-order valence-electron chi connectivity index (χ3n) is 5.64. The van der Waals surface area contributed by atoms with Crippen molar-refractivity contribution in [3.63, 3.8) is 0 Å². The van der Waals surface area contributed by atoms with Crippen LogP contribution in [0.1, 0.15) is 30.9 Å². The lowest BCUT2D eigenvalue weighted by Gasteiger charge is -2.20. The lowest BCUT2D eigenvalue weighted by atomic mass is 10.0. The quantitative estimate of drug-likeness (QED) is 0.645. The minimum absolute atomic E-state index is 0.753. The summed E-state index contributed by atoms with van der Waals surface area (Å²) in [5.74, 6) is 0. The predicted molar refractivity (Wildman–Crippen MR) is 107 cm³/mol. The van der Waals surface area contributed by atoms with E-state index in [1.165, 1.54) is 48.2 Å². The molecule has 0 unspecified atom stereocenters. The monoisotopic (exact) mass is 361 g/mol. The van der Waals surface area contributed by atoms with E-state index in [2.05, 4.69) is 75.9 Å². The fraction of sp³-hybridized carbons (Fsp3) is 0.409. The van der Waals surface area contributed by atoms with Gasteiger partial charge in [0.2, 0.25) is 0 Å². The summed E-state index contributed by atoms with van der Waals surface area (Å²) < 4.78 is 1.76. The summed E-state index contributed by atoms with van der Waals surface area (Å²) >= 11 is 0. The van der Waals surface area contributed by atoms with Gasteiger partial charge in [0.05, 0.1) is 0 Å². The summed E-state index contributed by atoms with van der Waals surface area (Å²) in [7, 11) is 0. The number of hydrogen-bond acceptors (Lipinski definition) is 4. The Morgan fingerprint density at radius 2 is 1.52 bits per heavy atom. The first-order chi connectivity index (χ1) is 13.3. The van der Waals surface area contributed by atoms with Gasteiger partial charge in [-0.2, -0.15) is 0 Å². The first-order valence-electron chi connectivity index (χ1n) is 9.91. The van der Waals surface area contributed by atoms with Gasteiger partial charge in [0.15, 0.2) is 0 Å². The first kappa shape index (κ1) is 17.9. The second-order valence-corrected chi connectivity index (χ2v) is 7.49. The molecule has 1 atom stereocenters. The van der Waals surface area contributed by atoms with Gasteiger partial charge in [-0.15, -0.1) is 5.10 Å². The normalized spacial score (nSPS) is 17.4. The Morgan fingerprint density at radius 3 is 2.04 bits per heavy atom. The van der Waals surface area contributed by atoms with Gasteiger partial charge in [0.1, 0.15) is 6.33 Å². The van der Waals surface area contributed by atoms with Gasteiger partial charge in [-0.05, 0) is 71.8 Å². The van der Waals surface area contributed by atoms with Crippen LogP contribution in [0.5, 0.6) is 0 Å². The van der Waals surface area contributed by atoms with Crippen LogP contribution in [-0.2, 0) is 19.4 Å². The Labute approximate surface area is 161 Å². The minimum Gasteiger partial charge on any atom is -0.300 e. The molecule has 0 saturated carbocycles. The smallest absolute Gasteiger partial charge is 0.138 e. The molecule has 1 saturated heterocycles. The third-order valence-corrected chi connectivity index (χ3v) is 5.64. The van der Waals surface area contributed by atoms with Crippen molar-refractivity contribution < 1.29 is 0 Å². The Kier molecular flexibility index (Phi) is 5.58. The van der Waals surface area contributed by atoms with Crippen LogP contribution >= 0.6 is 0 Å². The van der Waals surface area contributed by atoms with E-state index in [-0.39, 0.29) is 0 Å². The first-order valence-corrected chi connectivity index (χ1v) is 9.91. The van der Waals surface area contributed by atoms with Crippen molar-refractivity contribution in [3.05, 3.63) is 66.0 Å². The highest BCUT2D eigenvalue weighted by molar-refractivity contribution is 5.64. The zero-order chi connectivity index (χ0) is 18.5. The van der Waals surface area contributed by atoms with Gasteiger partial charge in [0.25, 0.3) is 0 Å². The van der Waals surface area contributed by atoms with Crippen LogP contribution in [0.4, 0.5) is 0 Å². The number of tetrazole rings is 1. The molecular formula is C22H27N5. The summed E-state index contributed by atoms with van der Waals surface area (Å²) in [5.41, 5.74) is 5.27. The van der Waals surface area contributed by atoms with Crippen LogP contribution < -0.4 is 0 Å². The summed E-state index contributed by atoms with van der Waals surface area (Å²) in [4.78, 5) is 2.61. The zero-order valence-corrected chi connectivity index (χ0v) is 16.0. The highest BCUT2D eigenvalue weighted by Crippen LogP contribution is 2.22. The standard InChI is InChI=1S/C22H27N5/c1-18-3-2-14-26(18)15-12-19-4-8-21(9-5-19)22-10-6-20(7-11-22)13-16-27-17-23-24-25-27/h4-11,17-18H,2-3,12-16H2,1H3/t18-/m1/s1. The van der Waals surface area contributed by atoms with Gasteiger partial charge in [0, 0.05) is 19.1 Å². The number of nitrogens with zero attached hydrogens (tertiary/aromatic N) is 5. The summed E-state index contributed by atoms with van der Waals surface area (Å²) in [5, 5.41) is 11.2. The molecule has 0 aliphatic carbocycles. The number of rotatable bonds is 7. The van der Waals surface area contributed by atoms with Crippen molar-refractivity contribution >= 4 is 0 Å². The Balaban J connectivity index is 1.32. The van der Waals surface area contributed by atoms with Crippen LogP contribution in [-0.4, -0.2) is 44.2 Å². The molecule has 5 heteroatoms. The average molecular weight is 361 g/mol. The number of hydrogen-bond donors (Lipinski definition) is 0. The van der Waals surface area contributed by atoms with Gasteiger partial charge in [-0.1, -0.05) is 48.5 Å². The molecule has 1 aliphatic rings. The van der Waals surface area contributed by atoms with Crippen LogP contribution in [0, 0.1) is 0 Å². The number of aryl methyl sites for hydroxylation is 2. The zero-order valence-electron chi connectivity index (χ0n) is 16.0. The summed E-state index contributed by atoms with van der Waals surface area (Å²) in [6, 6.07) is 18.6. The fourth-order valence-corrected chi connectivity index (χ4v) is 3.85. The molecule has 3 aromatic rings. The van der Waals surface area contributed by atoms with Crippen molar-refractivity contribution in [3.8, 4) is 11.1 Å². The van der Waals surface area contributed by atoms with E-state index in [0.717, 1.165) is 25.4 Å². The molecule has 5 nitrogen and oxygen atoms in total. The minimum atomic E-state index is 0.753. The van der Waals surface area contributed by atoms with E-state index in [1.807, 2.05) is 0 Å². The molecule has 140 valence electrons. The fourth-order valence-electron chi connectivity index (χ4n) is 3.85. The lowest BCUT2D eigenvalue weighted by Crippen LogP contribution is -2.28. The third kappa shape index (κ3) is 4.61. The summed E-state index contributed by atoms with van der Waals surface area (Å²) in [6.45, 7) is 5.59. The second kappa shape index (κ2) is 8.44.